The number of hydrogen-bond acceptors (Lipinski definition) is 0. The average molecular weight is 379 g/mol. The van der Waals surface area contributed by atoms with Crippen molar-refractivity contribution in [2.75, 3.05) is 0 Å². The highest BCUT2D eigenvalue weighted by molar-refractivity contribution is 4.91. The molecule has 0 N–H and O–H groups in total. The maximum atomic E-state index is 2.49. The molecular formula is C27H54. The third-order valence-corrected chi connectivity index (χ3v) is 7.58. The zero-order valence-corrected chi connectivity index (χ0v) is 20.7. The van der Waals surface area contributed by atoms with Crippen LogP contribution in [0.2, 0.25) is 0 Å². The number of allylic oxidation sites excluding steroid dienone is 2. The summed E-state index contributed by atoms with van der Waals surface area (Å²) in [6, 6.07) is 0. The van der Waals surface area contributed by atoms with Crippen molar-refractivity contribution in [3.8, 4) is 0 Å². The van der Waals surface area contributed by atoms with Crippen molar-refractivity contribution in [2.24, 2.45) is 47.3 Å². The second-order valence-electron chi connectivity index (χ2n) is 10.6. The Bertz CT molecular complexity index is 366. The van der Waals surface area contributed by atoms with Crippen LogP contribution < -0.4 is 0 Å². The number of rotatable bonds is 15. The lowest BCUT2D eigenvalue weighted by Crippen LogP contribution is -2.15. The molecule has 0 aliphatic heterocycles. The van der Waals surface area contributed by atoms with Gasteiger partial charge in [-0.1, -0.05) is 120 Å². The molecule has 27 heavy (non-hydrogen) atoms. The zero-order valence-electron chi connectivity index (χ0n) is 20.7. The molecule has 0 saturated carbocycles. The molecule has 0 spiro atoms. The van der Waals surface area contributed by atoms with E-state index in [0.29, 0.717) is 5.92 Å². The number of hydrogen-bond donors (Lipinski definition) is 0. The summed E-state index contributed by atoms with van der Waals surface area (Å²) in [6.45, 7) is 24.1. The van der Waals surface area contributed by atoms with E-state index in [9.17, 15) is 0 Å². The van der Waals surface area contributed by atoms with E-state index < -0.39 is 0 Å². The molecule has 7 unspecified atom stereocenters. The van der Waals surface area contributed by atoms with Gasteiger partial charge in [0.2, 0.25) is 0 Å². The molecular weight excluding hydrogens is 324 g/mol. The summed E-state index contributed by atoms with van der Waals surface area (Å²) in [5.74, 6) is 6.57. The highest BCUT2D eigenvalue weighted by Gasteiger charge is 2.18. The van der Waals surface area contributed by atoms with E-state index in [1.165, 1.54) is 44.9 Å². The Kier molecular flexibility index (Phi) is 14.6. The maximum absolute atomic E-state index is 2.49. The summed E-state index contributed by atoms with van der Waals surface area (Å²) in [6.07, 6.45) is 14.5. The fraction of sp³-hybridized carbons (Fsp3) is 0.926. The van der Waals surface area contributed by atoms with E-state index in [2.05, 4.69) is 81.4 Å². The molecule has 0 fully saturated rings. The fourth-order valence-corrected chi connectivity index (χ4v) is 3.74. The third kappa shape index (κ3) is 12.7. The molecule has 0 aromatic rings. The fourth-order valence-electron chi connectivity index (χ4n) is 3.74. The zero-order chi connectivity index (χ0) is 21.0. The Morgan fingerprint density at radius 1 is 0.481 bits per heavy atom. The first-order chi connectivity index (χ1) is 12.6. The van der Waals surface area contributed by atoms with Gasteiger partial charge >= 0.3 is 0 Å². The van der Waals surface area contributed by atoms with Gasteiger partial charge in [-0.05, 0) is 53.8 Å². The van der Waals surface area contributed by atoms with Crippen LogP contribution in [0.15, 0.2) is 12.2 Å². The van der Waals surface area contributed by atoms with Crippen LogP contribution in [0.25, 0.3) is 0 Å². The predicted octanol–water partition coefficient (Wildman–Crippen LogP) is 9.40. The first-order valence-corrected chi connectivity index (χ1v) is 12.3. The minimum Gasteiger partial charge on any atom is -0.0854 e. The molecule has 0 radical (unpaired) electrons. The summed E-state index contributed by atoms with van der Waals surface area (Å²) in [4.78, 5) is 0. The molecule has 0 heterocycles. The van der Waals surface area contributed by atoms with Gasteiger partial charge in [0.15, 0.2) is 0 Å². The van der Waals surface area contributed by atoms with Crippen LogP contribution in [-0.2, 0) is 0 Å². The second-order valence-corrected chi connectivity index (χ2v) is 10.6. The summed E-state index contributed by atoms with van der Waals surface area (Å²) >= 11 is 0. The Morgan fingerprint density at radius 2 is 0.852 bits per heavy atom. The maximum Gasteiger partial charge on any atom is -0.0236 e. The summed E-state index contributed by atoms with van der Waals surface area (Å²) in [5.41, 5.74) is 0. The van der Waals surface area contributed by atoms with Gasteiger partial charge in [0.1, 0.15) is 0 Å². The monoisotopic (exact) mass is 378 g/mol. The van der Waals surface area contributed by atoms with Crippen molar-refractivity contribution in [2.45, 2.75) is 114 Å². The van der Waals surface area contributed by atoms with Crippen LogP contribution in [0, 0.1) is 47.3 Å². The van der Waals surface area contributed by atoms with Gasteiger partial charge in [-0.2, -0.15) is 0 Å². The van der Waals surface area contributed by atoms with Crippen LogP contribution in [0.5, 0.6) is 0 Å². The highest BCUT2D eigenvalue weighted by atomic mass is 14.2. The standard InChI is InChI=1S/C27H54/c1-11-21(4)13-15-23(6)25(8)17-19-27(10)26(9)18-16-24(7)22(5)14-12-20(2)3/h13,15,20-27H,11-12,14,16-19H2,1-10H3/b15-13-. The highest BCUT2D eigenvalue weighted by Crippen LogP contribution is 2.30. The van der Waals surface area contributed by atoms with Crippen LogP contribution in [0.4, 0.5) is 0 Å². The second kappa shape index (κ2) is 14.7. The molecule has 0 saturated heterocycles. The van der Waals surface area contributed by atoms with Crippen LogP contribution in [0.1, 0.15) is 114 Å². The molecule has 7 atom stereocenters. The molecule has 0 amide bonds. The Hall–Kier alpha value is -0.260. The Labute approximate surface area is 174 Å². The van der Waals surface area contributed by atoms with Crippen molar-refractivity contribution in [1.82, 2.24) is 0 Å². The first kappa shape index (κ1) is 26.7. The van der Waals surface area contributed by atoms with Gasteiger partial charge < -0.3 is 0 Å². The van der Waals surface area contributed by atoms with Gasteiger partial charge in [-0.15, -0.1) is 0 Å². The quantitative estimate of drug-likeness (QED) is 0.249. The average Bonchev–Trinajstić information content (AvgIpc) is 2.64. The molecule has 0 aromatic carbocycles. The molecule has 0 nitrogen and oxygen atoms in total. The molecule has 0 aliphatic rings. The smallest absolute Gasteiger partial charge is 0.0236 e. The van der Waals surface area contributed by atoms with Crippen LogP contribution >= 0.6 is 0 Å². The normalized spacial score (nSPS) is 20.4. The predicted molar refractivity (Wildman–Crippen MR) is 126 cm³/mol. The molecule has 162 valence electrons. The molecule has 0 aromatic heterocycles. The van der Waals surface area contributed by atoms with Gasteiger partial charge in [0, 0.05) is 0 Å². The van der Waals surface area contributed by atoms with Gasteiger partial charge in [-0.25, -0.2) is 0 Å². The molecule has 0 bridgehead atoms. The minimum atomic E-state index is 0.711. The minimum absolute atomic E-state index is 0.711. The topological polar surface area (TPSA) is 0 Å². The van der Waals surface area contributed by atoms with Crippen molar-refractivity contribution in [3.05, 3.63) is 12.2 Å². The van der Waals surface area contributed by atoms with E-state index in [1.807, 2.05) is 0 Å². The molecule has 0 heteroatoms. The van der Waals surface area contributed by atoms with Gasteiger partial charge in [-0.3, -0.25) is 0 Å². The Balaban J connectivity index is 4.16. The lowest BCUT2D eigenvalue weighted by Gasteiger charge is -2.26. The van der Waals surface area contributed by atoms with Crippen molar-refractivity contribution < 1.29 is 0 Å². The SMILES string of the molecule is CCC(C)/C=C\C(C)C(C)CCC(C)C(C)CCC(C)C(C)CCC(C)C. The summed E-state index contributed by atoms with van der Waals surface area (Å²) in [5, 5.41) is 0. The van der Waals surface area contributed by atoms with Gasteiger partial charge in [0.05, 0.1) is 0 Å². The van der Waals surface area contributed by atoms with Crippen LogP contribution in [0.3, 0.4) is 0 Å². The van der Waals surface area contributed by atoms with E-state index in [0.717, 1.165) is 41.4 Å². The lowest BCUT2D eigenvalue weighted by atomic mass is 9.80. The summed E-state index contributed by atoms with van der Waals surface area (Å²) < 4.78 is 0. The van der Waals surface area contributed by atoms with Crippen molar-refractivity contribution in [3.63, 3.8) is 0 Å². The largest absolute Gasteiger partial charge is 0.0854 e. The van der Waals surface area contributed by atoms with Gasteiger partial charge in [0.25, 0.3) is 0 Å². The van der Waals surface area contributed by atoms with E-state index >= 15 is 0 Å². The molecule has 0 aliphatic carbocycles. The van der Waals surface area contributed by atoms with Crippen molar-refractivity contribution >= 4 is 0 Å². The molecule has 0 rings (SSSR count). The Morgan fingerprint density at radius 3 is 1.22 bits per heavy atom. The third-order valence-electron chi connectivity index (χ3n) is 7.58. The first-order valence-electron chi connectivity index (χ1n) is 12.3. The van der Waals surface area contributed by atoms with E-state index in [-0.39, 0.29) is 0 Å². The van der Waals surface area contributed by atoms with E-state index in [4.69, 9.17) is 0 Å². The summed E-state index contributed by atoms with van der Waals surface area (Å²) in [7, 11) is 0. The van der Waals surface area contributed by atoms with Crippen molar-refractivity contribution in [1.29, 1.82) is 0 Å². The van der Waals surface area contributed by atoms with Crippen LogP contribution in [-0.4, -0.2) is 0 Å². The van der Waals surface area contributed by atoms with E-state index in [1.54, 1.807) is 0 Å². The lowest BCUT2D eigenvalue weighted by molar-refractivity contribution is 0.256.